The summed E-state index contributed by atoms with van der Waals surface area (Å²) in [5.74, 6) is 0.550. The van der Waals surface area contributed by atoms with Gasteiger partial charge in [0.05, 0.1) is 17.1 Å². The molecule has 0 unspecified atom stereocenters. The summed E-state index contributed by atoms with van der Waals surface area (Å²) in [4.78, 5) is 28.6. The van der Waals surface area contributed by atoms with Gasteiger partial charge in [0.1, 0.15) is 17.8 Å². The van der Waals surface area contributed by atoms with Crippen LogP contribution in [0.4, 0.5) is 4.79 Å². The Morgan fingerprint density at radius 2 is 1.72 bits per heavy atom. The lowest BCUT2D eigenvalue weighted by Crippen LogP contribution is -2.39. The molecule has 2 amide bonds. The number of aryl methyl sites for hydroxylation is 1. The van der Waals surface area contributed by atoms with Crippen LogP contribution in [0.25, 0.3) is 33.4 Å². The number of nitrogens with one attached hydrogen (secondary N) is 2. The average Bonchev–Trinajstić information content (AvgIpc) is 3.27. The zero-order valence-electron chi connectivity index (χ0n) is 22.4. The van der Waals surface area contributed by atoms with Crippen molar-refractivity contribution >= 4 is 28.6 Å². The molecule has 0 aliphatic heterocycles. The minimum absolute atomic E-state index is 0.158. The molecule has 0 bridgehead atoms. The summed E-state index contributed by atoms with van der Waals surface area (Å²) in [5, 5.41) is 11.1. The fraction of sp³-hybridized carbons (Fsp3) is 0.233. The van der Waals surface area contributed by atoms with E-state index >= 15 is 0 Å². The first-order chi connectivity index (χ1) is 18.7. The molecule has 2 aromatic carbocycles. The molecular formula is C30H31N6O3+. The van der Waals surface area contributed by atoms with E-state index in [1.54, 1.807) is 20.8 Å². The molecule has 0 radical (unpaired) electrons. The highest BCUT2D eigenvalue weighted by Gasteiger charge is 2.22. The molecule has 0 aliphatic carbocycles. The molecule has 0 spiro atoms. The smallest absolute Gasteiger partial charge is 0.408 e. The number of ether oxygens (including phenoxy) is 1. The van der Waals surface area contributed by atoms with Crippen molar-refractivity contribution in [3.8, 4) is 16.8 Å². The van der Waals surface area contributed by atoms with Crippen LogP contribution >= 0.6 is 0 Å². The van der Waals surface area contributed by atoms with Crippen molar-refractivity contribution < 1.29 is 18.7 Å². The maximum atomic E-state index is 12.2. The summed E-state index contributed by atoms with van der Waals surface area (Å²) in [6.07, 6.45) is 3.26. The average molecular weight is 524 g/mol. The number of pyridine rings is 2. The molecular weight excluding hydrogens is 492 g/mol. The van der Waals surface area contributed by atoms with Gasteiger partial charge in [-0.1, -0.05) is 47.1 Å². The summed E-state index contributed by atoms with van der Waals surface area (Å²) < 4.78 is 9.13. The number of rotatable bonds is 6. The Kier molecular flexibility index (Phi) is 6.98. The zero-order valence-corrected chi connectivity index (χ0v) is 22.4. The lowest BCUT2D eigenvalue weighted by atomic mass is 10.1. The second-order valence-corrected chi connectivity index (χ2v) is 10.3. The molecule has 9 nitrogen and oxygen atoms in total. The second kappa shape index (κ2) is 10.5. The Hall–Kier alpha value is -4.79. The molecule has 2 N–H and O–H groups in total. The Morgan fingerprint density at radius 1 is 0.974 bits per heavy atom. The van der Waals surface area contributed by atoms with Crippen LogP contribution in [0.15, 0.2) is 79.1 Å². The van der Waals surface area contributed by atoms with Gasteiger partial charge < -0.3 is 15.4 Å². The SMILES string of the molecule is Cc1nn(-c2ccc(CNC(=O)CNC(=O)OC(C)(C)C)cc2)c2c3cc(-c4ccccc4)cnc3cc[n+]12. The van der Waals surface area contributed by atoms with Crippen molar-refractivity contribution in [1.82, 2.24) is 25.4 Å². The molecule has 5 rings (SSSR count). The maximum Gasteiger partial charge on any atom is 0.408 e. The van der Waals surface area contributed by atoms with Crippen molar-refractivity contribution in [2.24, 2.45) is 0 Å². The van der Waals surface area contributed by atoms with Gasteiger partial charge in [0, 0.05) is 30.3 Å². The van der Waals surface area contributed by atoms with Gasteiger partial charge in [0.2, 0.25) is 5.91 Å². The normalized spacial score (nSPS) is 11.5. The van der Waals surface area contributed by atoms with Gasteiger partial charge in [0.25, 0.3) is 11.5 Å². The molecule has 3 aromatic heterocycles. The highest BCUT2D eigenvalue weighted by Crippen LogP contribution is 2.25. The number of hydrogen-bond donors (Lipinski definition) is 2. The fourth-order valence-corrected chi connectivity index (χ4v) is 4.30. The maximum absolute atomic E-state index is 12.2. The third-order valence-corrected chi connectivity index (χ3v) is 6.13. The van der Waals surface area contributed by atoms with Crippen LogP contribution in [0.2, 0.25) is 0 Å². The van der Waals surface area contributed by atoms with Crippen molar-refractivity contribution in [1.29, 1.82) is 0 Å². The van der Waals surface area contributed by atoms with Crippen molar-refractivity contribution in [3.05, 3.63) is 90.5 Å². The number of hydrogen-bond acceptors (Lipinski definition) is 5. The first-order valence-corrected chi connectivity index (χ1v) is 12.8. The predicted molar refractivity (Wildman–Crippen MR) is 148 cm³/mol. The van der Waals surface area contributed by atoms with E-state index in [1.165, 1.54) is 0 Å². The highest BCUT2D eigenvalue weighted by atomic mass is 16.6. The number of carbonyl (C=O) groups excluding carboxylic acids is 2. The van der Waals surface area contributed by atoms with Crippen LogP contribution in [-0.2, 0) is 16.1 Å². The van der Waals surface area contributed by atoms with E-state index in [0.717, 1.165) is 44.8 Å². The van der Waals surface area contributed by atoms with Crippen LogP contribution in [0.1, 0.15) is 32.2 Å². The monoisotopic (exact) mass is 523 g/mol. The van der Waals surface area contributed by atoms with Crippen LogP contribution in [0.5, 0.6) is 0 Å². The van der Waals surface area contributed by atoms with Crippen LogP contribution < -0.4 is 15.0 Å². The third kappa shape index (κ3) is 5.87. The molecule has 0 aliphatic rings. The number of nitrogens with zero attached hydrogens (tertiary/aromatic N) is 4. The van der Waals surface area contributed by atoms with Gasteiger partial charge in [-0.05, 0) is 56.2 Å². The summed E-state index contributed by atoms with van der Waals surface area (Å²) in [5.41, 5.74) is 5.13. The van der Waals surface area contributed by atoms with E-state index in [9.17, 15) is 9.59 Å². The minimum atomic E-state index is -0.625. The molecule has 5 aromatic rings. The number of alkyl carbamates (subject to hydrolysis) is 1. The second-order valence-electron chi connectivity index (χ2n) is 10.3. The summed E-state index contributed by atoms with van der Waals surface area (Å²) in [7, 11) is 0. The lowest BCUT2D eigenvalue weighted by molar-refractivity contribution is -0.519. The molecule has 9 heteroatoms. The van der Waals surface area contributed by atoms with Crippen LogP contribution in [0, 0.1) is 6.92 Å². The molecule has 198 valence electrons. The van der Waals surface area contributed by atoms with E-state index in [4.69, 9.17) is 14.8 Å². The molecule has 0 atom stereocenters. The molecule has 0 saturated carbocycles. The molecule has 3 heterocycles. The largest absolute Gasteiger partial charge is 0.444 e. The summed E-state index contributed by atoms with van der Waals surface area (Å²) in [6, 6.07) is 22.2. The van der Waals surface area contributed by atoms with E-state index < -0.39 is 11.7 Å². The van der Waals surface area contributed by atoms with E-state index in [1.807, 2.05) is 72.5 Å². The Labute approximate surface area is 226 Å². The van der Waals surface area contributed by atoms with E-state index in [-0.39, 0.29) is 12.5 Å². The summed E-state index contributed by atoms with van der Waals surface area (Å²) in [6.45, 7) is 7.45. The van der Waals surface area contributed by atoms with Gasteiger partial charge in [0.15, 0.2) is 0 Å². The van der Waals surface area contributed by atoms with Crippen LogP contribution in [-0.4, -0.2) is 38.9 Å². The Bertz CT molecular complexity index is 1650. The van der Waals surface area contributed by atoms with E-state index in [0.29, 0.717) is 6.54 Å². The van der Waals surface area contributed by atoms with Crippen molar-refractivity contribution in [2.45, 2.75) is 39.8 Å². The summed E-state index contributed by atoms with van der Waals surface area (Å²) >= 11 is 0. The van der Waals surface area contributed by atoms with Gasteiger partial charge in [-0.15, -0.1) is 0 Å². The van der Waals surface area contributed by atoms with Gasteiger partial charge >= 0.3 is 6.09 Å². The number of benzene rings is 2. The Morgan fingerprint density at radius 3 is 2.44 bits per heavy atom. The minimum Gasteiger partial charge on any atom is -0.444 e. The molecule has 39 heavy (non-hydrogen) atoms. The zero-order chi connectivity index (χ0) is 27.6. The first-order valence-electron chi connectivity index (χ1n) is 12.8. The highest BCUT2D eigenvalue weighted by molar-refractivity contribution is 5.92. The third-order valence-electron chi connectivity index (χ3n) is 6.13. The standard InChI is InChI=1S/C30H30N6O3/c1-20-34-36(24-12-10-21(11-13-24)17-32-27(37)19-33-29(38)39-30(2,3)4)28-25-16-23(22-8-6-5-7-9-22)18-31-26(25)14-15-35(20)28/h5-16,18H,17,19H2,1-4H3,(H-,32,33,37,38)/p+1. The topological polar surface area (TPSA) is 102 Å². The van der Waals surface area contributed by atoms with Gasteiger partial charge in [-0.25, -0.2) is 9.20 Å². The number of amides is 2. The fourth-order valence-electron chi connectivity index (χ4n) is 4.30. The lowest BCUT2D eigenvalue weighted by Gasteiger charge is -2.19. The van der Waals surface area contributed by atoms with Crippen LogP contribution in [0.3, 0.4) is 0 Å². The van der Waals surface area contributed by atoms with Crippen molar-refractivity contribution in [2.75, 3.05) is 6.54 Å². The first kappa shape index (κ1) is 25.8. The quantitative estimate of drug-likeness (QED) is 0.324. The number of aromatic nitrogens is 4. The van der Waals surface area contributed by atoms with Gasteiger partial charge in [-0.3, -0.25) is 9.78 Å². The molecule has 0 saturated heterocycles. The molecule has 0 fully saturated rings. The van der Waals surface area contributed by atoms with Gasteiger partial charge in [-0.2, -0.15) is 0 Å². The van der Waals surface area contributed by atoms with Crippen molar-refractivity contribution in [3.63, 3.8) is 0 Å². The Balaban J connectivity index is 1.35. The number of carbonyl (C=O) groups is 2. The number of fused-ring (bicyclic) bond motifs is 3. The predicted octanol–water partition coefficient (Wildman–Crippen LogP) is 4.28. The van der Waals surface area contributed by atoms with E-state index in [2.05, 4.69) is 33.2 Å².